The number of nitrogens with zero attached hydrogens (tertiary/aromatic N) is 2. The largest absolute Gasteiger partial charge is 0.339 e. The predicted octanol–water partition coefficient (Wildman–Crippen LogP) is 1.06. The van der Waals surface area contributed by atoms with E-state index in [9.17, 15) is 8.42 Å². The Kier molecular flexibility index (Phi) is 3.77. The summed E-state index contributed by atoms with van der Waals surface area (Å²) in [6.45, 7) is 0.356. The van der Waals surface area contributed by atoms with Crippen molar-refractivity contribution in [2.24, 2.45) is 5.73 Å². The van der Waals surface area contributed by atoms with E-state index >= 15 is 0 Å². The van der Waals surface area contributed by atoms with Gasteiger partial charge >= 0.3 is 0 Å². The molecule has 1 aromatic carbocycles. The average molecular weight is 307 g/mol. The summed E-state index contributed by atoms with van der Waals surface area (Å²) in [5, 5.41) is 3.95. The van der Waals surface area contributed by atoms with Gasteiger partial charge in [0.25, 0.3) is 0 Å². The summed E-state index contributed by atoms with van der Waals surface area (Å²) in [7, 11) is -2.96. The zero-order chi connectivity index (χ0) is 14.9. The molecule has 1 fully saturated rings. The van der Waals surface area contributed by atoms with Crippen LogP contribution in [0.4, 0.5) is 0 Å². The third-order valence-corrected chi connectivity index (χ3v) is 5.56. The van der Waals surface area contributed by atoms with E-state index in [-0.39, 0.29) is 23.3 Å². The van der Waals surface area contributed by atoms with Crippen LogP contribution in [0.2, 0.25) is 0 Å². The monoisotopic (exact) mass is 307 g/mol. The molecule has 0 bridgehead atoms. The van der Waals surface area contributed by atoms with Crippen LogP contribution < -0.4 is 5.73 Å². The first-order valence-corrected chi connectivity index (χ1v) is 8.70. The third-order valence-electron chi connectivity index (χ3n) is 3.79. The molecule has 2 aromatic rings. The van der Waals surface area contributed by atoms with Crippen LogP contribution in [0.5, 0.6) is 0 Å². The molecular formula is C14H17N3O3S. The van der Waals surface area contributed by atoms with Crippen molar-refractivity contribution in [3.8, 4) is 0 Å². The lowest BCUT2D eigenvalue weighted by Crippen LogP contribution is -2.14. The van der Waals surface area contributed by atoms with E-state index in [0.29, 0.717) is 24.7 Å². The minimum atomic E-state index is -2.96. The maximum absolute atomic E-state index is 11.5. The van der Waals surface area contributed by atoms with Crippen molar-refractivity contribution in [2.75, 3.05) is 18.1 Å². The van der Waals surface area contributed by atoms with Crippen LogP contribution in [-0.4, -0.2) is 36.6 Å². The fraction of sp³-hybridized carbons (Fsp3) is 0.429. The Labute approximate surface area is 123 Å². The molecule has 7 heteroatoms. The van der Waals surface area contributed by atoms with Crippen LogP contribution >= 0.6 is 0 Å². The molecule has 21 heavy (non-hydrogen) atoms. The lowest BCUT2D eigenvalue weighted by Gasteiger charge is -2.09. The van der Waals surface area contributed by atoms with Crippen molar-refractivity contribution in [3.05, 3.63) is 47.6 Å². The quantitative estimate of drug-likeness (QED) is 0.907. The number of aromatic nitrogens is 2. The summed E-state index contributed by atoms with van der Waals surface area (Å²) < 4.78 is 28.4. The summed E-state index contributed by atoms with van der Waals surface area (Å²) in [6, 6.07) is 9.71. The van der Waals surface area contributed by atoms with Gasteiger partial charge in [-0.25, -0.2) is 8.42 Å². The second kappa shape index (κ2) is 5.57. The molecule has 2 unspecified atom stereocenters. The van der Waals surface area contributed by atoms with Gasteiger partial charge in [-0.2, -0.15) is 4.98 Å². The van der Waals surface area contributed by atoms with E-state index in [1.165, 1.54) is 0 Å². The van der Waals surface area contributed by atoms with Crippen LogP contribution in [0, 0.1) is 0 Å². The molecule has 1 aromatic heterocycles. The molecular weight excluding hydrogens is 290 g/mol. The highest BCUT2D eigenvalue weighted by molar-refractivity contribution is 7.91. The Morgan fingerprint density at radius 3 is 2.71 bits per heavy atom. The van der Waals surface area contributed by atoms with E-state index in [1.807, 2.05) is 30.3 Å². The summed E-state index contributed by atoms with van der Waals surface area (Å²) in [5.74, 6) is 0.890. The molecule has 6 nitrogen and oxygen atoms in total. The molecule has 0 amide bonds. The fourth-order valence-electron chi connectivity index (χ4n) is 2.62. The Hall–Kier alpha value is -1.73. The third kappa shape index (κ3) is 2.98. The normalized spacial score (nSPS) is 22.2. The summed E-state index contributed by atoms with van der Waals surface area (Å²) in [5.41, 5.74) is 6.83. The van der Waals surface area contributed by atoms with Gasteiger partial charge in [-0.15, -0.1) is 0 Å². The molecule has 3 rings (SSSR count). The highest BCUT2D eigenvalue weighted by atomic mass is 32.2. The van der Waals surface area contributed by atoms with Gasteiger partial charge in [0, 0.05) is 12.5 Å². The van der Waals surface area contributed by atoms with Crippen molar-refractivity contribution in [3.63, 3.8) is 0 Å². The zero-order valence-corrected chi connectivity index (χ0v) is 12.3. The minimum Gasteiger partial charge on any atom is -0.339 e. The first-order valence-electron chi connectivity index (χ1n) is 6.88. The minimum absolute atomic E-state index is 0.102. The second-order valence-corrected chi connectivity index (χ2v) is 7.52. The number of benzene rings is 1. The van der Waals surface area contributed by atoms with Crippen molar-refractivity contribution < 1.29 is 12.9 Å². The first-order chi connectivity index (χ1) is 10.1. The molecule has 1 aliphatic rings. The molecule has 112 valence electrons. The average Bonchev–Trinajstić information content (AvgIpc) is 3.08. The van der Waals surface area contributed by atoms with E-state index in [1.54, 1.807) is 0 Å². The lowest BCUT2D eigenvalue weighted by molar-refractivity contribution is 0.360. The van der Waals surface area contributed by atoms with Gasteiger partial charge in [0.15, 0.2) is 15.7 Å². The van der Waals surface area contributed by atoms with Gasteiger partial charge in [0.2, 0.25) is 5.89 Å². The highest BCUT2D eigenvalue weighted by Crippen LogP contribution is 2.29. The van der Waals surface area contributed by atoms with Crippen LogP contribution in [0.15, 0.2) is 34.9 Å². The summed E-state index contributed by atoms with van der Waals surface area (Å²) in [4.78, 5) is 4.38. The molecule has 0 aliphatic carbocycles. The number of nitrogens with two attached hydrogens (primary N) is 1. The van der Waals surface area contributed by atoms with Crippen LogP contribution in [0.1, 0.15) is 35.5 Å². The Balaban J connectivity index is 1.84. The molecule has 0 radical (unpaired) electrons. The molecule has 0 saturated carbocycles. The predicted molar refractivity (Wildman–Crippen MR) is 77.6 cm³/mol. The topological polar surface area (TPSA) is 99.1 Å². The number of rotatable bonds is 4. The fourth-order valence-corrected chi connectivity index (χ4v) is 4.36. The number of hydrogen-bond acceptors (Lipinski definition) is 6. The lowest BCUT2D eigenvalue weighted by atomic mass is 9.99. The van der Waals surface area contributed by atoms with Crippen molar-refractivity contribution in [2.45, 2.75) is 18.3 Å². The van der Waals surface area contributed by atoms with Gasteiger partial charge in [-0.3, -0.25) is 0 Å². The number of hydrogen-bond donors (Lipinski definition) is 1. The maximum atomic E-state index is 11.5. The zero-order valence-electron chi connectivity index (χ0n) is 11.5. The smallest absolute Gasteiger partial charge is 0.235 e. The van der Waals surface area contributed by atoms with E-state index in [4.69, 9.17) is 10.3 Å². The molecule has 2 atom stereocenters. The van der Waals surface area contributed by atoms with Crippen molar-refractivity contribution >= 4 is 9.84 Å². The molecule has 0 spiro atoms. The number of sulfone groups is 1. The standard InChI is InChI=1S/C14H17N3O3S/c15-8-12(10-4-2-1-3-5-10)14-16-13(17-20-14)11-6-7-21(18,19)9-11/h1-5,11-12H,6-9,15H2. The Bertz CT molecular complexity index is 712. The summed E-state index contributed by atoms with van der Waals surface area (Å²) in [6.07, 6.45) is 0.555. The molecule has 1 saturated heterocycles. The van der Waals surface area contributed by atoms with Gasteiger partial charge in [0.05, 0.1) is 17.4 Å². The van der Waals surface area contributed by atoms with Gasteiger partial charge in [0.1, 0.15) is 0 Å². The molecule has 1 aliphatic heterocycles. The van der Waals surface area contributed by atoms with Crippen LogP contribution in [0.3, 0.4) is 0 Å². The Morgan fingerprint density at radius 2 is 2.10 bits per heavy atom. The van der Waals surface area contributed by atoms with E-state index in [0.717, 1.165) is 5.56 Å². The van der Waals surface area contributed by atoms with Crippen molar-refractivity contribution in [1.29, 1.82) is 0 Å². The van der Waals surface area contributed by atoms with E-state index in [2.05, 4.69) is 10.1 Å². The van der Waals surface area contributed by atoms with E-state index < -0.39 is 9.84 Å². The Morgan fingerprint density at radius 1 is 1.33 bits per heavy atom. The van der Waals surface area contributed by atoms with Crippen LogP contribution in [0.25, 0.3) is 0 Å². The second-order valence-electron chi connectivity index (χ2n) is 5.29. The van der Waals surface area contributed by atoms with Crippen LogP contribution in [-0.2, 0) is 9.84 Å². The van der Waals surface area contributed by atoms with Gasteiger partial charge in [-0.1, -0.05) is 35.5 Å². The molecule has 2 N–H and O–H groups in total. The highest BCUT2D eigenvalue weighted by Gasteiger charge is 2.33. The molecule has 2 heterocycles. The van der Waals surface area contributed by atoms with Gasteiger partial charge in [-0.05, 0) is 12.0 Å². The van der Waals surface area contributed by atoms with Crippen molar-refractivity contribution in [1.82, 2.24) is 10.1 Å². The SMILES string of the molecule is NCC(c1ccccc1)c1nc(C2CCS(=O)(=O)C2)no1. The maximum Gasteiger partial charge on any atom is 0.235 e. The summed E-state index contributed by atoms with van der Waals surface area (Å²) >= 11 is 0. The van der Waals surface area contributed by atoms with Gasteiger partial charge < -0.3 is 10.3 Å². The first kappa shape index (κ1) is 14.2.